The van der Waals surface area contributed by atoms with Crippen LogP contribution in [-0.2, 0) is 16.6 Å². The fourth-order valence-corrected chi connectivity index (χ4v) is 4.08. The molecule has 2 aromatic rings. The number of nitrogens with zero attached hydrogens (tertiary/aromatic N) is 1. The van der Waals surface area contributed by atoms with E-state index in [1.54, 1.807) is 24.3 Å². The maximum absolute atomic E-state index is 13.5. The van der Waals surface area contributed by atoms with Gasteiger partial charge in [-0.25, -0.2) is 12.8 Å². The minimum absolute atomic E-state index is 0.00492. The first-order chi connectivity index (χ1) is 10.9. The van der Waals surface area contributed by atoms with Gasteiger partial charge in [0.25, 0.3) is 0 Å². The van der Waals surface area contributed by atoms with Gasteiger partial charge in [-0.3, -0.25) is 4.79 Å². The van der Waals surface area contributed by atoms with Crippen LogP contribution in [0.1, 0.15) is 27.9 Å². The summed E-state index contributed by atoms with van der Waals surface area (Å²) in [5.74, 6) is -0.646. The molecule has 2 aromatic carbocycles. The summed E-state index contributed by atoms with van der Waals surface area (Å²) in [4.78, 5) is 12.3. The van der Waals surface area contributed by atoms with E-state index in [-0.39, 0.29) is 30.2 Å². The Bertz CT molecular complexity index is 860. The number of Topliss-reactive ketones (excluding diaryl/α,β-unsaturated/α-hetero) is 1. The molecule has 3 rings (SSSR count). The van der Waals surface area contributed by atoms with Crippen LogP contribution in [-0.4, -0.2) is 25.1 Å². The van der Waals surface area contributed by atoms with Crippen molar-refractivity contribution in [2.75, 3.05) is 6.54 Å². The van der Waals surface area contributed by atoms with Gasteiger partial charge in [-0.15, -0.1) is 0 Å². The van der Waals surface area contributed by atoms with Gasteiger partial charge in [0.15, 0.2) is 5.78 Å². The van der Waals surface area contributed by atoms with E-state index in [1.165, 1.54) is 22.5 Å². The smallest absolute Gasteiger partial charge is 0.243 e. The highest BCUT2D eigenvalue weighted by Crippen LogP contribution is 2.25. The van der Waals surface area contributed by atoms with Gasteiger partial charge >= 0.3 is 0 Å². The van der Waals surface area contributed by atoms with Crippen molar-refractivity contribution >= 4 is 15.8 Å². The van der Waals surface area contributed by atoms with Crippen molar-refractivity contribution in [1.82, 2.24) is 4.31 Å². The van der Waals surface area contributed by atoms with Crippen molar-refractivity contribution in [3.8, 4) is 0 Å². The van der Waals surface area contributed by atoms with Crippen molar-refractivity contribution in [3.63, 3.8) is 0 Å². The fraction of sp³-hybridized carbons (Fsp3) is 0.235. The van der Waals surface area contributed by atoms with Crippen LogP contribution >= 0.6 is 0 Å². The van der Waals surface area contributed by atoms with Crippen LogP contribution in [0.15, 0.2) is 47.4 Å². The van der Waals surface area contributed by atoms with E-state index in [2.05, 4.69) is 0 Å². The minimum atomic E-state index is -3.72. The van der Waals surface area contributed by atoms with E-state index in [4.69, 9.17) is 0 Å². The first kappa shape index (κ1) is 15.8. The van der Waals surface area contributed by atoms with Crippen LogP contribution < -0.4 is 0 Å². The molecule has 0 bridgehead atoms. The fourth-order valence-electron chi connectivity index (χ4n) is 2.66. The van der Waals surface area contributed by atoms with Gasteiger partial charge in [0.1, 0.15) is 5.82 Å². The number of hydrogen-bond donors (Lipinski definition) is 0. The van der Waals surface area contributed by atoms with Gasteiger partial charge in [-0.05, 0) is 42.8 Å². The summed E-state index contributed by atoms with van der Waals surface area (Å²) in [7, 11) is -3.72. The number of ketones is 1. The highest BCUT2D eigenvalue weighted by atomic mass is 32.2. The molecule has 0 radical (unpaired) electrons. The number of hydrogen-bond acceptors (Lipinski definition) is 3. The molecule has 0 unspecified atom stereocenters. The third kappa shape index (κ3) is 3.04. The first-order valence-electron chi connectivity index (χ1n) is 7.26. The molecule has 0 amide bonds. The molecule has 120 valence electrons. The van der Waals surface area contributed by atoms with Crippen molar-refractivity contribution < 1.29 is 17.6 Å². The number of aryl methyl sites for hydroxylation is 1. The van der Waals surface area contributed by atoms with E-state index in [9.17, 15) is 17.6 Å². The molecule has 23 heavy (non-hydrogen) atoms. The predicted octanol–water partition coefficient (Wildman–Crippen LogP) is 2.91. The molecule has 0 aliphatic carbocycles. The average molecular weight is 333 g/mol. The Balaban J connectivity index is 2.00. The number of fused-ring (bicyclic) bond motifs is 1. The van der Waals surface area contributed by atoms with Crippen molar-refractivity contribution in [2.24, 2.45) is 0 Å². The van der Waals surface area contributed by atoms with Crippen LogP contribution in [0.3, 0.4) is 0 Å². The average Bonchev–Trinajstić information content (AvgIpc) is 2.67. The lowest BCUT2D eigenvalue weighted by Crippen LogP contribution is -2.31. The normalized spacial score (nSPS) is 16.0. The Labute approximate surface area is 134 Å². The van der Waals surface area contributed by atoms with Gasteiger partial charge in [0.05, 0.1) is 4.90 Å². The molecule has 0 saturated heterocycles. The van der Waals surface area contributed by atoms with Crippen molar-refractivity contribution in [2.45, 2.75) is 24.8 Å². The van der Waals surface area contributed by atoms with Crippen LogP contribution in [0.5, 0.6) is 0 Å². The molecule has 1 heterocycles. The molecular weight excluding hydrogens is 317 g/mol. The Morgan fingerprint density at radius 3 is 2.48 bits per heavy atom. The van der Waals surface area contributed by atoms with E-state index < -0.39 is 15.8 Å². The standard InChI is InChI=1S/C17H16FNO3S/c1-12-2-5-15(6-3-12)23(21,22)19-9-8-17(20)16-7-4-14(18)10-13(16)11-19/h2-7,10H,8-9,11H2,1H3. The lowest BCUT2D eigenvalue weighted by atomic mass is 10.0. The van der Waals surface area contributed by atoms with E-state index in [0.717, 1.165) is 5.56 Å². The van der Waals surface area contributed by atoms with E-state index >= 15 is 0 Å². The zero-order valence-corrected chi connectivity index (χ0v) is 13.4. The molecule has 0 fully saturated rings. The molecule has 4 nitrogen and oxygen atoms in total. The molecular formula is C17H16FNO3S. The summed E-state index contributed by atoms with van der Waals surface area (Å²) in [5, 5.41) is 0. The highest BCUT2D eigenvalue weighted by molar-refractivity contribution is 7.89. The maximum atomic E-state index is 13.5. The zero-order chi connectivity index (χ0) is 16.6. The molecule has 6 heteroatoms. The number of carbonyl (C=O) groups excluding carboxylic acids is 1. The third-order valence-electron chi connectivity index (χ3n) is 3.96. The topological polar surface area (TPSA) is 54.5 Å². The number of rotatable bonds is 2. The van der Waals surface area contributed by atoms with E-state index in [1.807, 2.05) is 6.92 Å². The number of sulfonamides is 1. The highest BCUT2D eigenvalue weighted by Gasteiger charge is 2.29. The molecule has 0 atom stereocenters. The molecule has 1 aliphatic rings. The quantitative estimate of drug-likeness (QED) is 0.849. The van der Waals surface area contributed by atoms with Gasteiger partial charge in [-0.2, -0.15) is 4.31 Å². The summed E-state index contributed by atoms with van der Waals surface area (Å²) in [6.07, 6.45) is 0.0870. The Kier molecular flexibility index (Phi) is 4.04. The Morgan fingerprint density at radius 2 is 1.78 bits per heavy atom. The molecule has 0 saturated carbocycles. The summed E-state index contributed by atoms with van der Waals surface area (Å²) in [6, 6.07) is 10.4. The van der Waals surface area contributed by atoms with Gasteiger partial charge in [0.2, 0.25) is 10.0 Å². The largest absolute Gasteiger partial charge is 0.294 e. The van der Waals surface area contributed by atoms with Crippen molar-refractivity contribution in [3.05, 3.63) is 65.0 Å². The number of halogens is 1. The molecule has 0 spiro atoms. The minimum Gasteiger partial charge on any atom is -0.294 e. The van der Waals surface area contributed by atoms with Crippen LogP contribution in [0.2, 0.25) is 0 Å². The van der Waals surface area contributed by atoms with Crippen LogP contribution in [0.4, 0.5) is 4.39 Å². The summed E-state index contributed by atoms with van der Waals surface area (Å²) < 4.78 is 40.3. The SMILES string of the molecule is Cc1ccc(S(=O)(=O)N2CCC(=O)c3ccc(F)cc3C2)cc1. The second-order valence-electron chi connectivity index (χ2n) is 5.63. The van der Waals surface area contributed by atoms with Crippen LogP contribution in [0.25, 0.3) is 0 Å². The summed E-state index contributed by atoms with van der Waals surface area (Å²) >= 11 is 0. The summed E-state index contributed by atoms with van der Waals surface area (Å²) in [5.41, 5.74) is 1.76. The molecule has 0 N–H and O–H groups in total. The second kappa shape index (κ2) is 5.86. The molecule has 0 aromatic heterocycles. The van der Waals surface area contributed by atoms with Gasteiger partial charge < -0.3 is 0 Å². The zero-order valence-electron chi connectivity index (χ0n) is 12.6. The second-order valence-corrected chi connectivity index (χ2v) is 7.56. The lowest BCUT2D eigenvalue weighted by molar-refractivity contribution is 0.0981. The third-order valence-corrected chi connectivity index (χ3v) is 5.82. The van der Waals surface area contributed by atoms with Gasteiger partial charge in [-0.1, -0.05) is 17.7 Å². The monoisotopic (exact) mass is 333 g/mol. The Hall–Kier alpha value is -2.05. The predicted molar refractivity (Wildman–Crippen MR) is 84.1 cm³/mol. The number of benzene rings is 2. The van der Waals surface area contributed by atoms with E-state index in [0.29, 0.717) is 11.1 Å². The first-order valence-corrected chi connectivity index (χ1v) is 8.70. The Morgan fingerprint density at radius 1 is 1.09 bits per heavy atom. The summed E-state index contributed by atoms with van der Waals surface area (Å²) in [6.45, 7) is 1.96. The lowest BCUT2D eigenvalue weighted by Gasteiger charge is -2.20. The van der Waals surface area contributed by atoms with Gasteiger partial charge in [0, 0.05) is 25.1 Å². The number of carbonyl (C=O) groups is 1. The van der Waals surface area contributed by atoms with Crippen LogP contribution in [0, 0.1) is 12.7 Å². The maximum Gasteiger partial charge on any atom is 0.243 e. The van der Waals surface area contributed by atoms with Crippen molar-refractivity contribution in [1.29, 1.82) is 0 Å². The molecule has 1 aliphatic heterocycles.